The molecule has 1 aromatic carbocycles. The molecule has 0 saturated heterocycles. The van der Waals surface area contributed by atoms with Gasteiger partial charge in [0, 0.05) is 12.1 Å². The molecule has 1 aromatic rings. The predicted molar refractivity (Wildman–Crippen MR) is 77.3 cm³/mol. The number of amides is 1. The van der Waals surface area contributed by atoms with Crippen molar-refractivity contribution in [3.8, 4) is 5.75 Å². The van der Waals surface area contributed by atoms with Crippen molar-refractivity contribution >= 4 is 11.7 Å². The van der Waals surface area contributed by atoms with Gasteiger partial charge in [0.1, 0.15) is 11.4 Å². The van der Waals surface area contributed by atoms with E-state index in [9.17, 15) is 9.59 Å². The van der Waals surface area contributed by atoms with Crippen molar-refractivity contribution in [2.45, 2.75) is 45.6 Å². The second-order valence-electron chi connectivity index (χ2n) is 5.78. The standard InChI is InChI=1S/C16H21NO3/c1-4-5-8-17-15(19)11-6-7-14-12(9-11)13(18)10-16(2,3)20-14/h6-7,9H,4-5,8,10H2,1-3H3,(H,17,19). The van der Waals surface area contributed by atoms with Crippen molar-refractivity contribution in [1.29, 1.82) is 0 Å². The van der Waals surface area contributed by atoms with E-state index < -0.39 is 5.60 Å². The minimum absolute atomic E-state index is 0.0273. The summed E-state index contributed by atoms with van der Waals surface area (Å²) in [6.07, 6.45) is 2.32. The molecule has 0 spiro atoms. The Balaban J connectivity index is 2.18. The smallest absolute Gasteiger partial charge is 0.251 e. The first kappa shape index (κ1) is 14.6. The van der Waals surface area contributed by atoms with E-state index in [1.165, 1.54) is 0 Å². The van der Waals surface area contributed by atoms with Crippen LogP contribution < -0.4 is 10.1 Å². The molecular formula is C16H21NO3. The van der Waals surface area contributed by atoms with Gasteiger partial charge in [0.15, 0.2) is 5.78 Å². The quantitative estimate of drug-likeness (QED) is 0.859. The highest BCUT2D eigenvalue weighted by Gasteiger charge is 2.32. The van der Waals surface area contributed by atoms with Crippen LogP contribution >= 0.6 is 0 Å². The van der Waals surface area contributed by atoms with Crippen molar-refractivity contribution in [3.63, 3.8) is 0 Å². The Labute approximate surface area is 119 Å². The summed E-state index contributed by atoms with van der Waals surface area (Å²) >= 11 is 0. The molecule has 1 N–H and O–H groups in total. The van der Waals surface area contributed by atoms with Crippen LogP contribution in [-0.2, 0) is 0 Å². The number of hydrogen-bond acceptors (Lipinski definition) is 3. The van der Waals surface area contributed by atoms with E-state index in [2.05, 4.69) is 12.2 Å². The lowest BCUT2D eigenvalue weighted by Gasteiger charge is -2.31. The van der Waals surface area contributed by atoms with Crippen molar-refractivity contribution in [2.75, 3.05) is 6.54 Å². The highest BCUT2D eigenvalue weighted by atomic mass is 16.5. The van der Waals surface area contributed by atoms with Gasteiger partial charge >= 0.3 is 0 Å². The van der Waals surface area contributed by atoms with Crippen LogP contribution in [0, 0.1) is 0 Å². The number of carbonyl (C=O) groups excluding carboxylic acids is 2. The van der Waals surface area contributed by atoms with Gasteiger partial charge in [-0.1, -0.05) is 13.3 Å². The van der Waals surface area contributed by atoms with Crippen LogP contribution in [0.1, 0.15) is 60.7 Å². The number of ketones is 1. The maximum Gasteiger partial charge on any atom is 0.251 e. The molecule has 0 aliphatic carbocycles. The SMILES string of the molecule is CCCCNC(=O)c1ccc2c(c1)C(=O)CC(C)(C)O2. The van der Waals surface area contributed by atoms with Gasteiger partial charge in [-0.05, 0) is 38.5 Å². The molecule has 1 amide bonds. The summed E-state index contributed by atoms with van der Waals surface area (Å²) in [5.74, 6) is 0.453. The Bertz CT molecular complexity index is 535. The topological polar surface area (TPSA) is 55.4 Å². The number of nitrogens with one attached hydrogen (secondary N) is 1. The highest BCUT2D eigenvalue weighted by molar-refractivity contribution is 6.03. The molecule has 1 aliphatic heterocycles. The average Bonchev–Trinajstić information content (AvgIpc) is 2.37. The van der Waals surface area contributed by atoms with Crippen molar-refractivity contribution in [1.82, 2.24) is 5.32 Å². The first-order valence-corrected chi connectivity index (χ1v) is 7.07. The van der Waals surface area contributed by atoms with Gasteiger partial charge in [-0.2, -0.15) is 0 Å². The van der Waals surface area contributed by atoms with E-state index >= 15 is 0 Å². The number of rotatable bonds is 4. The molecule has 2 rings (SSSR count). The molecule has 1 heterocycles. The molecule has 0 unspecified atom stereocenters. The fourth-order valence-corrected chi connectivity index (χ4v) is 2.27. The zero-order valence-electron chi connectivity index (χ0n) is 12.3. The molecule has 0 fully saturated rings. The molecule has 4 heteroatoms. The maximum atomic E-state index is 12.1. The number of ether oxygens (including phenoxy) is 1. The van der Waals surface area contributed by atoms with Gasteiger partial charge in [0.25, 0.3) is 5.91 Å². The molecule has 0 aromatic heterocycles. The molecule has 0 bridgehead atoms. The number of fused-ring (bicyclic) bond motifs is 1. The largest absolute Gasteiger partial charge is 0.487 e. The number of hydrogen-bond donors (Lipinski definition) is 1. The third-order valence-corrected chi connectivity index (χ3v) is 3.33. The lowest BCUT2D eigenvalue weighted by Crippen LogP contribution is -2.36. The van der Waals surface area contributed by atoms with Crippen LogP contribution in [0.4, 0.5) is 0 Å². The van der Waals surface area contributed by atoms with E-state index in [4.69, 9.17) is 4.74 Å². The number of carbonyl (C=O) groups is 2. The van der Waals surface area contributed by atoms with E-state index in [0.717, 1.165) is 12.8 Å². The first-order valence-electron chi connectivity index (χ1n) is 7.07. The number of unbranched alkanes of at least 4 members (excludes halogenated alkanes) is 1. The molecule has 0 atom stereocenters. The van der Waals surface area contributed by atoms with Gasteiger partial charge < -0.3 is 10.1 Å². The van der Waals surface area contributed by atoms with E-state index in [1.807, 2.05) is 13.8 Å². The van der Waals surface area contributed by atoms with Crippen molar-refractivity contribution in [2.24, 2.45) is 0 Å². The van der Waals surface area contributed by atoms with Gasteiger partial charge in [0.2, 0.25) is 0 Å². The zero-order valence-corrected chi connectivity index (χ0v) is 12.3. The summed E-state index contributed by atoms with van der Waals surface area (Å²) in [6.45, 7) is 6.51. The van der Waals surface area contributed by atoms with Crippen LogP contribution in [0.25, 0.3) is 0 Å². The monoisotopic (exact) mass is 275 g/mol. The Morgan fingerprint density at radius 2 is 2.15 bits per heavy atom. The Morgan fingerprint density at radius 3 is 2.85 bits per heavy atom. The fourth-order valence-electron chi connectivity index (χ4n) is 2.27. The van der Waals surface area contributed by atoms with Gasteiger partial charge in [0.05, 0.1) is 12.0 Å². The first-order chi connectivity index (χ1) is 9.43. The summed E-state index contributed by atoms with van der Waals surface area (Å²) in [7, 11) is 0. The Morgan fingerprint density at radius 1 is 1.40 bits per heavy atom. The van der Waals surface area contributed by atoms with E-state index in [-0.39, 0.29) is 11.7 Å². The number of Topliss-reactive ketones (excluding diaryl/α,β-unsaturated/α-hetero) is 1. The van der Waals surface area contributed by atoms with E-state index in [1.54, 1.807) is 18.2 Å². The van der Waals surface area contributed by atoms with Gasteiger partial charge in [-0.25, -0.2) is 0 Å². The summed E-state index contributed by atoms with van der Waals surface area (Å²) in [5, 5.41) is 2.85. The lowest BCUT2D eigenvalue weighted by molar-refractivity contribution is 0.0620. The molecule has 108 valence electrons. The van der Waals surface area contributed by atoms with Crippen LogP contribution in [0.15, 0.2) is 18.2 Å². The normalized spacial score (nSPS) is 16.2. The Kier molecular flexibility index (Phi) is 4.12. The molecule has 4 nitrogen and oxygen atoms in total. The average molecular weight is 275 g/mol. The Hall–Kier alpha value is -1.84. The fraction of sp³-hybridized carbons (Fsp3) is 0.500. The minimum Gasteiger partial charge on any atom is -0.487 e. The maximum absolute atomic E-state index is 12.1. The van der Waals surface area contributed by atoms with Crippen LogP contribution in [0.3, 0.4) is 0 Å². The second kappa shape index (κ2) is 5.65. The number of benzene rings is 1. The summed E-state index contributed by atoms with van der Waals surface area (Å²) in [5.41, 5.74) is 0.540. The van der Waals surface area contributed by atoms with Gasteiger partial charge in [-0.15, -0.1) is 0 Å². The van der Waals surface area contributed by atoms with Crippen LogP contribution in [0.5, 0.6) is 5.75 Å². The summed E-state index contributed by atoms with van der Waals surface area (Å²) in [6, 6.07) is 5.05. The predicted octanol–water partition coefficient (Wildman–Crippen LogP) is 2.96. The minimum atomic E-state index is -0.477. The van der Waals surface area contributed by atoms with Crippen LogP contribution in [-0.4, -0.2) is 23.8 Å². The van der Waals surface area contributed by atoms with Gasteiger partial charge in [-0.3, -0.25) is 9.59 Å². The third-order valence-electron chi connectivity index (χ3n) is 3.33. The summed E-state index contributed by atoms with van der Waals surface area (Å²) in [4.78, 5) is 24.1. The van der Waals surface area contributed by atoms with Crippen LogP contribution in [0.2, 0.25) is 0 Å². The zero-order chi connectivity index (χ0) is 14.8. The van der Waals surface area contributed by atoms with E-state index in [0.29, 0.717) is 29.8 Å². The third kappa shape index (κ3) is 3.18. The molecule has 20 heavy (non-hydrogen) atoms. The lowest BCUT2D eigenvalue weighted by atomic mass is 9.92. The summed E-state index contributed by atoms with van der Waals surface area (Å²) < 4.78 is 5.77. The highest BCUT2D eigenvalue weighted by Crippen LogP contribution is 2.33. The second-order valence-corrected chi connectivity index (χ2v) is 5.78. The molecule has 0 saturated carbocycles. The molecule has 1 aliphatic rings. The molecular weight excluding hydrogens is 254 g/mol. The van der Waals surface area contributed by atoms with Crippen molar-refractivity contribution < 1.29 is 14.3 Å². The van der Waals surface area contributed by atoms with Crippen molar-refractivity contribution in [3.05, 3.63) is 29.3 Å². The molecule has 0 radical (unpaired) electrons.